The highest BCUT2D eigenvalue weighted by Crippen LogP contribution is 2.25. The van der Waals surface area contributed by atoms with Crippen molar-refractivity contribution in [3.05, 3.63) is 22.9 Å². The summed E-state index contributed by atoms with van der Waals surface area (Å²) in [6, 6.07) is 2.65. The molecule has 0 aliphatic carbocycles. The highest BCUT2D eigenvalue weighted by molar-refractivity contribution is 5.80. The molecule has 0 aliphatic rings. The number of nitriles is 1. The number of aromatic nitrogens is 1. The molecule has 4 nitrogen and oxygen atoms in total. The Morgan fingerprint density at radius 1 is 1.67 bits per heavy atom. The number of methoxy groups -OCH3 is 1. The number of rotatable bonds is 3. The van der Waals surface area contributed by atoms with E-state index in [1.54, 1.807) is 0 Å². The van der Waals surface area contributed by atoms with Crippen LogP contribution in [0.5, 0.6) is 5.88 Å². The molecule has 0 radical (unpaired) electrons. The molecule has 0 saturated heterocycles. The summed E-state index contributed by atoms with van der Waals surface area (Å²) in [6.07, 6.45) is -2.61. The molecule has 0 atom stereocenters. The summed E-state index contributed by atoms with van der Waals surface area (Å²) in [5.74, 6) is -0.119. The molecule has 1 rings (SSSR count). The molecule has 0 bridgehead atoms. The van der Waals surface area contributed by atoms with Crippen LogP contribution in [0.4, 0.5) is 8.78 Å². The predicted octanol–water partition coefficient (Wildman–Crippen LogP) is 1.71. The van der Waals surface area contributed by atoms with Crippen molar-refractivity contribution in [2.75, 3.05) is 7.11 Å². The van der Waals surface area contributed by atoms with Crippen molar-refractivity contribution in [3.8, 4) is 11.9 Å². The van der Waals surface area contributed by atoms with Gasteiger partial charge < -0.3 is 4.74 Å². The Bertz CT molecular complexity index is 427. The Hall–Kier alpha value is -2.03. The number of halogens is 2. The number of pyridine rings is 1. The first-order valence-corrected chi connectivity index (χ1v) is 3.86. The van der Waals surface area contributed by atoms with Crippen LogP contribution in [0.2, 0.25) is 0 Å². The molecule has 0 unspecified atom stereocenters. The third-order valence-corrected chi connectivity index (χ3v) is 1.71. The SMILES string of the molecule is COc1cc(C=O)c(C#N)c(C(F)F)n1. The van der Waals surface area contributed by atoms with E-state index in [0.29, 0.717) is 6.29 Å². The zero-order valence-electron chi connectivity index (χ0n) is 7.70. The molecule has 0 aromatic carbocycles. The zero-order chi connectivity index (χ0) is 11.4. The van der Waals surface area contributed by atoms with E-state index in [1.165, 1.54) is 13.2 Å². The van der Waals surface area contributed by atoms with Crippen molar-refractivity contribution >= 4 is 6.29 Å². The van der Waals surface area contributed by atoms with Gasteiger partial charge in [0, 0.05) is 11.6 Å². The molecular formula is C9H6F2N2O2. The van der Waals surface area contributed by atoms with E-state index in [-0.39, 0.29) is 11.4 Å². The molecule has 6 heteroatoms. The van der Waals surface area contributed by atoms with Crippen molar-refractivity contribution in [1.29, 1.82) is 5.26 Å². The van der Waals surface area contributed by atoms with Crippen LogP contribution in [0.3, 0.4) is 0 Å². The largest absolute Gasteiger partial charge is 0.481 e. The average Bonchev–Trinajstić information content (AvgIpc) is 2.26. The monoisotopic (exact) mass is 212 g/mol. The van der Waals surface area contributed by atoms with Gasteiger partial charge in [-0.2, -0.15) is 5.26 Å². The molecule has 0 spiro atoms. The highest BCUT2D eigenvalue weighted by Gasteiger charge is 2.19. The summed E-state index contributed by atoms with van der Waals surface area (Å²) >= 11 is 0. The van der Waals surface area contributed by atoms with Crippen molar-refractivity contribution in [3.63, 3.8) is 0 Å². The van der Waals surface area contributed by atoms with Crippen LogP contribution >= 0.6 is 0 Å². The summed E-state index contributed by atoms with van der Waals surface area (Å²) in [7, 11) is 1.23. The molecule has 0 saturated carbocycles. The Labute approximate surface area is 84.1 Å². The lowest BCUT2D eigenvalue weighted by Crippen LogP contribution is -2.02. The minimum Gasteiger partial charge on any atom is -0.481 e. The van der Waals surface area contributed by atoms with Gasteiger partial charge in [0.2, 0.25) is 5.88 Å². The number of nitrogens with zero attached hydrogens (tertiary/aromatic N) is 2. The summed E-state index contributed by atoms with van der Waals surface area (Å²) in [6.45, 7) is 0. The lowest BCUT2D eigenvalue weighted by Gasteiger charge is -2.06. The maximum Gasteiger partial charge on any atom is 0.281 e. The maximum atomic E-state index is 12.5. The van der Waals surface area contributed by atoms with Crippen LogP contribution in [-0.4, -0.2) is 18.4 Å². The van der Waals surface area contributed by atoms with Gasteiger partial charge in [-0.15, -0.1) is 0 Å². The van der Waals surface area contributed by atoms with Crippen molar-refractivity contribution in [2.45, 2.75) is 6.43 Å². The first-order valence-electron chi connectivity index (χ1n) is 3.86. The first kappa shape index (κ1) is 11.0. The third kappa shape index (κ3) is 2.07. The maximum absolute atomic E-state index is 12.5. The quantitative estimate of drug-likeness (QED) is 0.715. The van der Waals surface area contributed by atoms with Crippen LogP contribution < -0.4 is 4.74 Å². The molecular weight excluding hydrogens is 206 g/mol. The van der Waals surface area contributed by atoms with Gasteiger partial charge in [-0.05, 0) is 0 Å². The fourth-order valence-corrected chi connectivity index (χ4v) is 1.04. The predicted molar refractivity (Wildman–Crippen MR) is 45.8 cm³/mol. The van der Waals surface area contributed by atoms with Gasteiger partial charge in [0.1, 0.15) is 11.8 Å². The number of hydrogen-bond donors (Lipinski definition) is 0. The molecule has 15 heavy (non-hydrogen) atoms. The molecule has 0 amide bonds. The van der Waals surface area contributed by atoms with Gasteiger partial charge in [-0.3, -0.25) is 4.79 Å². The number of alkyl halides is 2. The van der Waals surface area contributed by atoms with Gasteiger partial charge in [0.05, 0.1) is 12.7 Å². The summed E-state index contributed by atoms with van der Waals surface area (Å²) in [5.41, 5.74) is -1.31. The smallest absolute Gasteiger partial charge is 0.281 e. The number of carbonyl (C=O) groups is 1. The van der Waals surface area contributed by atoms with Gasteiger partial charge >= 0.3 is 0 Å². The number of carbonyl (C=O) groups excluding carboxylic acids is 1. The van der Waals surface area contributed by atoms with Crippen LogP contribution in [0.1, 0.15) is 28.0 Å². The standard InChI is InChI=1S/C9H6F2N2O2/c1-15-7-2-5(4-14)6(3-12)8(13-7)9(10)11/h2,4,9H,1H3. The van der Waals surface area contributed by atoms with E-state index < -0.39 is 17.7 Å². The van der Waals surface area contributed by atoms with Crippen LogP contribution in [-0.2, 0) is 0 Å². The topological polar surface area (TPSA) is 63.0 Å². The highest BCUT2D eigenvalue weighted by atomic mass is 19.3. The molecule has 0 aliphatic heterocycles. The summed E-state index contributed by atoms with van der Waals surface area (Å²) in [5, 5.41) is 8.62. The third-order valence-electron chi connectivity index (χ3n) is 1.71. The van der Waals surface area contributed by atoms with E-state index in [4.69, 9.17) is 5.26 Å². The second kappa shape index (κ2) is 4.46. The minimum atomic E-state index is -2.92. The first-order chi connectivity index (χ1) is 7.13. The molecule has 0 fully saturated rings. The van der Waals surface area contributed by atoms with Crippen molar-refractivity contribution in [2.24, 2.45) is 0 Å². The van der Waals surface area contributed by atoms with Crippen LogP contribution in [0.25, 0.3) is 0 Å². The minimum absolute atomic E-state index is 0.119. The molecule has 1 heterocycles. The van der Waals surface area contributed by atoms with Gasteiger partial charge in [-0.1, -0.05) is 0 Å². The van der Waals surface area contributed by atoms with Gasteiger partial charge in [-0.25, -0.2) is 13.8 Å². The Kier molecular flexibility index (Phi) is 3.29. The molecule has 78 valence electrons. The van der Waals surface area contributed by atoms with Gasteiger partial charge in [0.25, 0.3) is 6.43 Å². The second-order valence-corrected chi connectivity index (χ2v) is 2.54. The number of hydrogen-bond acceptors (Lipinski definition) is 4. The molecule has 0 N–H and O–H groups in total. The summed E-state index contributed by atoms with van der Waals surface area (Å²) in [4.78, 5) is 14.0. The number of aldehydes is 1. The summed E-state index contributed by atoms with van der Waals surface area (Å²) < 4.78 is 29.6. The number of ether oxygens (including phenoxy) is 1. The normalized spacial score (nSPS) is 9.80. The fourth-order valence-electron chi connectivity index (χ4n) is 1.04. The molecule has 1 aromatic heterocycles. The van der Waals surface area contributed by atoms with E-state index in [9.17, 15) is 13.6 Å². The molecule has 1 aromatic rings. The van der Waals surface area contributed by atoms with E-state index in [1.807, 2.05) is 0 Å². The van der Waals surface area contributed by atoms with Crippen LogP contribution in [0, 0.1) is 11.3 Å². The van der Waals surface area contributed by atoms with E-state index >= 15 is 0 Å². The Morgan fingerprint density at radius 3 is 2.73 bits per heavy atom. The second-order valence-electron chi connectivity index (χ2n) is 2.54. The average molecular weight is 212 g/mol. The zero-order valence-corrected chi connectivity index (χ0v) is 7.70. The Morgan fingerprint density at radius 2 is 2.33 bits per heavy atom. The van der Waals surface area contributed by atoms with E-state index in [2.05, 4.69) is 9.72 Å². The van der Waals surface area contributed by atoms with Crippen molar-refractivity contribution < 1.29 is 18.3 Å². The lowest BCUT2D eigenvalue weighted by molar-refractivity contribution is 0.112. The fraction of sp³-hybridized carbons (Fsp3) is 0.222. The van der Waals surface area contributed by atoms with Gasteiger partial charge in [0.15, 0.2) is 6.29 Å². The van der Waals surface area contributed by atoms with E-state index in [0.717, 1.165) is 6.07 Å². The Balaban J connectivity index is 3.47. The van der Waals surface area contributed by atoms with Crippen LogP contribution in [0.15, 0.2) is 6.07 Å². The lowest BCUT2D eigenvalue weighted by atomic mass is 10.1. The van der Waals surface area contributed by atoms with Crippen molar-refractivity contribution in [1.82, 2.24) is 4.98 Å².